The fourth-order valence-electron chi connectivity index (χ4n) is 0. The van der Waals surface area contributed by atoms with Crippen molar-refractivity contribution in [1.82, 2.24) is 0 Å². The van der Waals surface area contributed by atoms with E-state index >= 15 is 0 Å². The summed E-state index contributed by atoms with van der Waals surface area (Å²) in [4.78, 5) is 0. The average Bonchev–Trinajstić information content (AvgIpc) is 0. The Morgan fingerprint density at radius 2 is 0.667 bits per heavy atom. The fraction of sp³-hybridized carbons (Fsp3) is 0. The van der Waals surface area contributed by atoms with E-state index in [0.717, 1.165) is 0 Å². The molecule has 0 aliphatic carbocycles. The summed E-state index contributed by atoms with van der Waals surface area (Å²) in [7, 11) is 0. The first-order valence-corrected chi connectivity index (χ1v) is 0. The van der Waals surface area contributed by atoms with Crippen molar-refractivity contribution in [1.29, 1.82) is 0 Å². The van der Waals surface area contributed by atoms with Gasteiger partial charge in [-0.05, 0) is 0 Å². The topological polar surface area (TPSA) is 124 Å². The van der Waals surface area contributed by atoms with Gasteiger partial charge in [-0.25, -0.2) is 0 Å². The average molecular weight is 144 g/mol. The molecule has 0 saturated carbocycles. The SMILES string of the molecule is O.O.O.P.[K+].[OH-]. The number of rotatable bonds is 0. The van der Waals surface area contributed by atoms with Crippen LogP contribution in [0.3, 0.4) is 0 Å². The van der Waals surface area contributed by atoms with Crippen molar-refractivity contribution >= 4 is 9.90 Å². The Morgan fingerprint density at radius 3 is 0.667 bits per heavy atom. The summed E-state index contributed by atoms with van der Waals surface area (Å²) in [5.41, 5.74) is 0. The van der Waals surface area contributed by atoms with Crippen molar-refractivity contribution in [2.75, 3.05) is 0 Å². The van der Waals surface area contributed by atoms with Gasteiger partial charge >= 0.3 is 51.4 Å². The molecule has 0 amide bonds. The maximum atomic E-state index is 0. The molecule has 0 saturated heterocycles. The largest absolute Gasteiger partial charge is 1.00 e. The van der Waals surface area contributed by atoms with Gasteiger partial charge in [0.15, 0.2) is 0 Å². The summed E-state index contributed by atoms with van der Waals surface area (Å²) >= 11 is 0. The zero-order valence-corrected chi connectivity index (χ0v) is 8.19. The minimum absolute atomic E-state index is 0. The van der Waals surface area contributed by atoms with Crippen LogP contribution < -0.4 is 51.4 Å². The molecule has 0 heterocycles. The second-order valence-corrected chi connectivity index (χ2v) is 0. The minimum atomic E-state index is 0. The Kier molecular flexibility index (Phi) is 1150. The monoisotopic (exact) mass is 144 g/mol. The van der Waals surface area contributed by atoms with Crippen molar-refractivity contribution < 1.29 is 73.3 Å². The Morgan fingerprint density at radius 1 is 0.667 bits per heavy atom. The van der Waals surface area contributed by atoms with Crippen LogP contribution in [0.15, 0.2) is 0 Å². The zero-order valence-electron chi connectivity index (χ0n) is 3.65. The van der Waals surface area contributed by atoms with Crippen molar-refractivity contribution in [2.24, 2.45) is 0 Å². The molecule has 1 unspecified atom stereocenters. The summed E-state index contributed by atoms with van der Waals surface area (Å²) in [5.74, 6) is 0. The molecule has 0 spiro atoms. The first-order valence-electron chi connectivity index (χ1n) is 0. The molecule has 40 valence electrons. The van der Waals surface area contributed by atoms with E-state index in [1.807, 2.05) is 0 Å². The van der Waals surface area contributed by atoms with Gasteiger partial charge in [-0.2, -0.15) is 9.90 Å². The smallest absolute Gasteiger partial charge is 0.870 e. The van der Waals surface area contributed by atoms with Crippen LogP contribution >= 0.6 is 9.90 Å². The van der Waals surface area contributed by atoms with Crippen LogP contribution in [0.4, 0.5) is 0 Å². The molecule has 0 aliphatic heterocycles. The van der Waals surface area contributed by atoms with E-state index in [2.05, 4.69) is 0 Å². The molecule has 7 N–H and O–H groups in total. The Labute approximate surface area is 82.0 Å². The van der Waals surface area contributed by atoms with E-state index in [-0.39, 0.29) is 83.2 Å². The van der Waals surface area contributed by atoms with E-state index in [1.165, 1.54) is 0 Å². The van der Waals surface area contributed by atoms with E-state index in [0.29, 0.717) is 0 Å². The van der Waals surface area contributed by atoms with Crippen LogP contribution in [-0.2, 0) is 0 Å². The third kappa shape index (κ3) is 39.1. The zero-order chi connectivity index (χ0) is 0. The maximum absolute atomic E-state index is 0. The molecule has 0 aliphatic rings. The molecule has 0 fully saturated rings. The first-order chi connectivity index (χ1) is 0. The molecule has 0 rings (SSSR count). The molecule has 6 heavy (non-hydrogen) atoms. The maximum Gasteiger partial charge on any atom is 1.00 e. The van der Waals surface area contributed by atoms with Crippen LogP contribution in [0.25, 0.3) is 0 Å². The molecule has 0 aromatic heterocycles. The summed E-state index contributed by atoms with van der Waals surface area (Å²) in [6.07, 6.45) is 0. The second-order valence-electron chi connectivity index (χ2n) is 0. The van der Waals surface area contributed by atoms with Crippen LogP contribution in [0.1, 0.15) is 0 Å². The van der Waals surface area contributed by atoms with Crippen molar-refractivity contribution in [3.05, 3.63) is 0 Å². The van der Waals surface area contributed by atoms with E-state index in [9.17, 15) is 0 Å². The fourth-order valence-corrected chi connectivity index (χ4v) is 0. The van der Waals surface area contributed by atoms with Gasteiger partial charge in [0.25, 0.3) is 0 Å². The van der Waals surface area contributed by atoms with Crippen LogP contribution in [0.5, 0.6) is 0 Å². The Balaban J connectivity index is 0. The summed E-state index contributed by atoms with van der Waals surface area (Å²) in [6.45, 7) is 0. The molecule has 0 bridgehead atoms. The summed E-state index contributed by atoms with van der Waals surface area (Å²) in [6, 6.07) is 0. The molecule has 0 radical (unpaired) electrons. The van der Waals surface area contributed by atoms with Gasteiger partial charge in [0.05, 0.1) is 0 Å². The van der Waals surface area contributed by atoms with Crippen molar-refractivity contribution in [3.63, 3.8) is 0 Å². The van der Waals surface area contributed by atoms with E-state index in [4.69, 9.17) is 0 Å². The van der Waals surface area contributed by atoms with Gasteiger partial charge in [0, 0.05) is 0 Å². The third-order valence-electron chi connectivity index (χ3n) is 0. The molecular weight excluding hydrogens is 134 g/mol. The van der Waals surface area contributed by atoms with Crippen LogP contribution in [0, 0.1) is 0 Å². The predicted molar refractivity (Wildman–Crippen MR) is 23.9 cm³/mol. The molecule has 4 nitrogen and oxygen atoms in total. The van der Waals surface area contributed by atoms with Gasteiger partial charge in [-0.3, -0.25) is 0 Å². The number of hydrogen-bond donors (Lipinski definition) is 0. The second kappa shape index (κ2) is 66.3. The molecule has 0 aromatic carbocycles. The Bertz CT molecular complexity index is 7.51. The van der Waals surface area contributed by atoms with Gasteiger partial charge in [-0.15, -0.1) is 0 Å². The summed E-state index contributed by atoms with van der Waals surface area (Å²) in [5, 5.41) is 0. The first kappa shape index (κ1) is 104. The normalized spacial score (nSPS) is 0. The van der Waals surface area contributed by atoms with Crippen molar-refractivity contribution in [2.45, 2.75) is 0 Å². The molecule has 1 atom stereocenters. The quantitative estimate of drug-likeness (QED) is 0.244. The predicted octanol–water partition coefficient (Wildman–Crippen LogP) is -5.59. The standard InChI is InChI=1S/K.4H2O.H3P/h;4*1H2;1H3/q+1;;;;;/p-1. The van der Waals surface area contributed by atoms with Gasteiger partial charge in [-0.1, -0.05) is 0 Å². The molecule has 6 heteroatoms. The third-order valence-corrected chi connectivity index (χ3v) is 0. The van der Waals surface area contributed by atoms with Crippen LogP contribution in [0.2, 0.25) is 0 Å². The minimum Gasteiger partial charge on any atom is -0.870 e. The Hall–Kier alpha value is 1.91. The summed E-state index contributed by atoms with van der Waals surface area (Å²) < 4.78 is 0. The van der Waals surface area contributed by atoms with Gasteiger partial charge < -0.3 is 21.9 Å². The molecular formula is H10KO4P. The van der Waals surface area contributed by atoms with Crippen molar-refractivity contribution in [3.8, 4) is 0 Å². The van der Waals surface area contributed by atoms with Crippen LogP contribution in [-0.4, -0.2) is 21.9 Å². The van der Waals surface area contributed by atoms with E-state index in [1.54, 1.807) is 0 Å². The van der Waals surface area contributed by atoms with E-state index < -0.39 is 0 Å². The molecule has 0 aromatic rings. The van der Waals surface area contributed by atoms with Gasteiger partial charge in [0.1, 0.15) is 0 Å². The van der Waals surface area contributed by atoms with Gasteiger partial charge in [0.2, 0.25) is 0 Å². The number of hydrogen-bond acceptors (Lipinski definition) is 1.